The highest BCUT2D eigenvalue weighted by molar-refractivity contribution is 5.94. The van der Waals surface area contributed by atoms with Gasteiger partial charge in [-0.15, -0.1) is 0 Å². The molecule has 2 aliphatic rings. The number of carbonyl (C=O) groups excluding carboxylic acids is 1. The Morgan fingerprint density at radius 2 is 2.11 bits per heavy atom. The number of hydrogen-bond acceptors (Lipinski definition) is 2. The predicted molar refractivity (Wildman–Crippen MR) is 71.2 cm³/mol. The summed E-state index contributed by atoms with van der Waals surface area (Å²) in [7, 11) is 0. The molecular weight excluding hydrogens is 224 g/mol. The van der Waals surface area contributed by atoms with E-state index >= 15 is 0 Å². The zero-order valence-corrected chi connectivity index (χ0v) is 11.0. The third-order valence-electron chi connectivity index (χ3n) is 4.33. The van der Waals surface area contributed by atoms with Gasteiger partial charge in [-0.2, -0.15) is 0 Å². The molecule has 0 spiro atoms. The van der Waals surface area contributed by atoms with Gasteiger partial charge >= 0.3 is 0 Å². The lowest BCUT2D eigenvalue weighted by atomic mass is 10.1. The molecule has 3 nitrogen and oxygen atoms in total. The van der Waals surface area contributed by atoms with E-state index in [2.05, 4.69) is 30.5 Å². The van der Waals surface area contributed by atoms with E-state index in [1.807, 2.05) is 12.1 Å². The highest BCUT2D eigenvalue weighted by Crippen LogP contribution is 2.50. The quantitative estimate of drug-likeness (QED) is 0.854. The molecule has 0 bridgehead atoms. The molecule has 1 unspecified atom stereocenters. The summed E-state index contributed by atoms with van der Waals surface area (Å²) in [5, 5.41) is 6.34. The minimum Gasteiger partial charge on any atom is -0.352 e. The summed E-state index contributed by atoms with van der Waals surface area (Å²) in [6.07, 6.45) is 1.22. The normalized spacial score (nSPS) is 23.6. The Morgan fingerprint density at radius 3 is 2.83 bits per heavy atom. The van der Waals surface area contributed by atoms with Gasteiger partial charge < -0.3 is 10.6 Å². The van der Waals surface area contributed by atoms with Gasteiger partial charge in [-0.05, 0) is 41.0 Å². The van der Waals surface area contributed by atoms with E-state index in [9.17, 15) is 4.79 Å². The van der Waals surface area contributed by atoms with Gasteiger partial charge in [-0.25, -0.2) is 0 Å². The molecule has 3 heteroatoms. The second-order valence-corrected chi connectivity index (χ2v) is 6.19. The van der Waals surface area contributed by atoms with Crippen LogP contribution in [-0.2, 0) is 13.1 Å². The van der Waals surface area contributed by atoms with Crippen molar-refractivity contribution < 1.29 is 4.79 Å². The lowest BCUT2D eigenvalue weighted by Crippen LogP contribution is -2.26. The standard InChI is InChI=1S/C15H20N2O/c1-15(2)6-13(15)9-17-14(18)10-3-4-11-7-16-8-12(11)5-10/h3-5,13,16H,6-9H2,1-2H3,(H,17,18). The summed E-state index contributed by atoms with van der Waals surface area (Å²) < 4.78 is 0. The van der Waals surface area contributed by atoms with Gasteiger partial charge in [0, 0.05) is 25.2 Å². The predicted octanol–water partition coefficient (Wildman–Crippen LogP) is 2.07. The van der Waals surface area contributed by atoms with Crippen molar-refractivity contribution in [3.63, 3.8) is 0 Å². The van der Waals surface area contributed by atoms with Crippen molar-refractivity contribution >= 4 is 5.91 Å². The van der Waals surface area contributed by atoms with Crippen molar-refractivity contribution in [2.75, 3.05) is 6.54 Å². The molecule has 96 valence electrons. The monoisotopic (exact) mass is 244 g/mol. The van der Waals surface area contributed by atoms with E-state index in [0.717, 1.165) is 25.2 Å². The van der Waals surface area contributed by atoms with Crippen molar-refractivity contribution in [2.24, 2.45) is 11.3 Å². The zero-order valence-electron chi connectivity index (χ0n) is 11.0. The summed E-state index contributed by atoms with van der Waals surface area (Å²) >= 11 is 0. The van der Waals surface area contributed by atoms with Gasteiger partial charge in [-0.1, -0.05) is 19.9 Å². The van der Waals surface area contributed by atoms with Crippen LogP contribution in [0.15, 0.2) is 18.2 Å². The molecule has 1 saturated carbocycles. The number of amides is 1. The van der Waals surface area contributed by atoms with Gasteiger partial charge in [0.05, 0.1) is 0 Å². The second-order valence-electron chi connectivity index (χ2n) is 6.19. The maximum Gasteiger partial charge on any atom is 0.251 e. The first kappa shape index (κ1) is 11.7. The van der Waals surface area contributed by atoms with Gasteiger partial charge in [0.15, 0.2) is 0 Å². The molecule has 0 radical (unpaired) electrons. The first-order valence-electron chi connectivity index (χ1n) is 6.67. The molecule has 1 atom stereocenters. The molecule has 0 saturated heterocycles. The van der Waals surface area contributed by atoms with Crippen molar-refractivity contribution in [1.82, 2.24) is 10.6 Å². The molecule has 0 aromatic heterocycles. The van der Waals surface area contributed by atoms with Crippen LogP contribution >= 0.6 is 0 Å². The minimum atomic E-state index is 0.0624. The van der Waals surface area contributed by atoms with Gasteiger partial charge in [0.25, 0.3) is 5.91 Å². The maximum absolute atomic E-state index is 12.1. The van der Waals surface area contributed by atoms with Crippen LogP contribution in [0.25, 0.3) is 0 Å². The van der Waals surface area contributed by atoms with Crippen LogP contribution in [-0.4, -0.2) is 12.5 Å². The van der Waals surface area contributed by atoms with Crippen LogP contribution in [0.3, 0.4) is 0 Å². The van der Waals surface area contributed by atoms with E-state index < -0.39 is 0 Å². The number of fused-ring (bicyclic) bond motifs is 1. The summed E-state index contributed by atoms with van der Waals surface area (Å²) in [4.78, 5) is 12.1. The van der Waals surface area contributed by atoms with Gasteiger partial charge in [-0.3, -0.25) is 4.79 Å². The molecule has 3 rings (SSSR count). The summed E-state index contributed by atoms with van der Waals surface area (Å²) in [6.45, 7) is 7.12. The van der Waals surface area contributed by atoms with Crippen LogP contribution in [0.5, 0.6) is 0 Å². The highest BCUT2D eigenvalue weighted by Gasteiger charge is 2.45. The fourth-order valence-electron chi connectivity index (χ4n) is 2.68. The lowest BCUT2D eigenvalue weighted by Gasteiger charge is -2.07. The molecule has 1 fully saturated rings. The van der Waals surface area contributed by atoms with Crippen LogP contribution in [0.2, 0.25) is 0 Å². The Bertz CT molecular complexity index is 493. The molecule has 1 heterocycles. The van der Waals surface area contributed by atoms with Crippen molar-refractivity contribution in [3.8, 4) is 0 Å². The molecule has 1 aromatic rings. The Balaban J connectivity index is 1.62. The zero-order chi connectivity index (χ0) is 12.8. The van der Waals surface area contributed by atoms with E-state index in [-0.39, 0.29) is 5.91 Å². The lowest BCUT2D eigenvalue weighted by molar-refractivity contribution is 0.0950. The molecule has 1 aliphatic heterocycles. The van der Waals surface area contributed by atoms with E-state index in [0.29, 0.717) is 11.3 Å². The van der Waals surface area contributed by atoms with Gasteiger partial charge in [0.2, 0.25) is 0 Å². The Morgan fingerprint density at radius 1 is 1.39 bits per heavy atom. The third-order valence-corrected chi connectivity index (χ3v) is 4.33. The minimum absolute atomic E-state index is 0.0624. The molecular formula is C15H20N2O. The fraction of sp³-hybridized carbons (Fsp3) is 0.533. The molecule has 18 heavy (non-hydrogen) atoms. The van der Waals surface area contributed by atoms with Gasteiger partial charge in [0.1, 0.15) is 0 Å². The number of rotatable bonds is 3. The summed E-state index contributed by atoms with van der Waals surface area (Å²) in [6, 6.07) is 6.01. The molecule has 1 aromatic carbocycles. The Kier molecular flexibility index (Phi) is 2.67. The van der Waals surface area contributed by atoms with E-state index in [1.54, 1.807) is 0 Å². The highest BCUT2D eigenvalue weighted by atomic mass is 16.1. The first-order valence-corrected chi connectivity index (χ1v) is 6.67. The van der Waals surface area contributed by atoms with Crippen LogP contribution in [0.4, 0.5) is 0 Å². The summed E-state index contributed by atoms with van der Waals surface area (Å²) in [5.41, 5.74) is 3.79. The molecule has 1 amide bonds. The Hall–Kier alpha value is -1.35. The largest absolute Gasteiger partial charge is 0.352 e. The summed E-state index contributed by atoms with van der Waals surface area (Å²) in [5.74, 6) is 0.713. The second kappa shape index (κ2) is 4.09. The number of hydrogen-bond donors (Lipinski definition) is 2. The third kappa shape index (κ3) is 2.15. The van der Waals surface area contributed by atoms with Crippen molar-refractivity contribution in [2.45, 2.75) is 33.4 Å². The number of benzene rings is 1. The Labute approximate surface area is 108 Å². The fourth-order valence-corrected chi connectivity index (χ4v) is 2.68. The topological polar surface area (TPSA) is 41.1 Å². The van der Waals surface area contributed by atoms with E-state index in [4.69, 9.17) is 0 Å². The van der Waals surface area contributed by atoms with Crippen molar-refractivity contribution in [3.05, 3.63) is 34.9 Å². The van der Waals surface area contributed by atoms with E-state index in [1.165, 1.54) is 17.5 Å². The average Bonchev–Trinajstić information content (AvgIpc) is 2.77. The van der Waals surface area contributed by atoms with Crippen LogP contribution in [0, 0.1) is 11.3 Å². The van der Waals surface area contributed by atoms with Crippen LogP contribution in [0.1, 0.15) is 41.8 Å². The first-order chi connectivity index (χ1) is 8.56. The number of nitrogens with one attached hydrogen (secondary N) is 2. The molecule has 2 N–H and O–H groups in total. The van der Waals surface area contributed by atoms with Crippen LogP contribution < -0.4 is 10.6 Å². The number of carbonyl (C=O) groups is 1. The maximum atomic E-state index is 12.1. The molecule has 1 aliphatic carbocycles. The average molecular weight is 244 g/mol. The van der Waals surface area contributed by atoms with Crippen molar-refractivity contribution in [1.29, 1.82) is 0 Å². The smallest absolute Gasteiger partial charge is 0.251 e. The SMILES string of the molecule is CC1(C)CC1CNC(=O)c1ccc2c(c1)CNC2.